The topological polar surface area (TPSA) is 38.3 Å². The van der Waals surface area contributed by atoms with Gasteiger partial charge >= 0.3 is 0 Å². The average Bonchev–Trinajstić information content (AvgIpc) is 2.89. The highest BCUT2D eigenvalue weighted by atomic mass is 32.1. The van der Waals surface area contributed by atoms with Gasteiger partial charge in [0.05, 0.1) is 0 Å². The standard InChI is InChI=1S/C23H29NO2S/c1-16(11-13-19-18(3)10-7-15-23(19,4)5)8-6-9-17(2)12-14-20-21(25)24-22(27)26-20/h6,8-9,11-14H,7,10,15H2,1-5H3,(H,24,25,27). The van der Waals surface area contributed by atoms with E-state index in [-0.39, 0.29) is 22.3 Å². The number of nitrogens with one attached hydrogen (secondary N) is 1. The minimum Gasteiger partial charge on any atom is -0.426 e. The first-order valence-electron chi connectivity index (χ1n) is 9.34. The molecule has 4 heteroatoms. The fourth-order valence-electron chi connectivity index (χ4n) is 3.33. The van der Waals surface area contributed by atoms with Gasteiger partial charge in [0.1, 0.15) is 0 Å². The van der Waals surface area contributed by atoms with Crippen LogP contribution in [0.4, 0.5) is 0 Å². The summed E-state index contributed by atoms with van der Waals surface area (Å²) < 4.78 is 5.12. The van der Waals surface area contributed by atoms with E-state index in [1.54, 1.807) is 6.08 Å². The maximum Gasteiger partial charge on any atom is 0.294 e. The molecular weight excluding hydrogens is 354 g/mol. The third-order valence-electron chi connectivity index (χ3n) is 4.91. The van der Waals surface area contributed by atoms with Gasteiger partial charge in [0.15, 0.2) is 5.76 Å². The molecule has 1 aliphatic carbocycles. The van der Waals surface area contributed by atoms with Crippen LogP contribution in [0.15, 0.2) is 70.6 Å². The molecular formula is C23H29NO2S. The second-order valence-corrected chi connectivity index (χ2v) is 8.19. The van der Waals surface area contributed by atoms with Crippen molar-refractivity contribution in [2.75, 3.05) is 0 Å². The lowest BCUT2D eigenvalue weighted by Crippen LogP contribution is -2.19. The predicted octanol–water partition coefficient (Wildman–Crippen LogP) is 5.83. The first-order valence-corrected chi connectivity index (χ1v) is 9.75. The molecule has 144 valence electrons. The van der Waals surface area contributed by atoms with Crippen LogP contribution in [0.1, 0.15) is 53.9 Å². The number of hydrogen-bond donors (Lipinski definition) is 1. The molecule has 0 saturated carbocycles. The van der Waals surface area contributed by atoms with Crippen molar-refractivity contribution < 1.29 is 9.53 Å². The normalized spacial score (nSPS) is 22.9. The van der Waals surface area contributed by atoms with E-state index in [1.807, 2.05) is 25.2 Å². The van der Waals surface area contributed by atoms with Gasteiger partial charge in [0.25, 0.3) is 11.1 Å². The van der Waals surface area contributed by atoms with Crippen LogP contribution in [0.25, 0.3) is 0 Å². The summed E-state index contributed by atoms with van der Waals surface area (Å²) in [5, 5.41) is 2.53. The highest BCUT2D eigenvalue weighted by Gasteiger charge is 2.26. The number of amides is 1. The molecule has 0 aromatic heterocycles. The first-order chi connectivity index (χ1) is 12.7. The van der Waals surface area contributed by atoms with Gasteiger partial charge in [0.2, 0.25) is 0 Å². The van der Waals surface area contributed by atoms with Crippen LogP contribution in [-0.4, -0.2) is 11.1 Å². The highest BCUT2D eigenvalue weighted by Crippen LogP contribution is 2.40. The predicted molar refractivity (Wildman–Crippen MR) is 116 cm³/mol. The van der Waals surface area contributed by atoms with Crippen LogP contribution in [0.5, 0.6) is 0 Å². The molecule has 1 heterocycles. The molecule has 1 amide bonds. The Hall–Kier alpha value is -2.20. The lowest BCUT2D eigenvalue weighted by atomic mass is 9.72. The van der Waals surface area contributed by atoms with E-state index in [4.69, 9.17) is 17.0 Å². The van der Waals surface area contributed by atoms with Crippen molar-refractivity contribution in [3.8, 4) is 0 Å². The molecule has 2 aliphatic rings. The van der Waals surface area contributed by atoms with Crippen molar-refractivity contribution in [3.05, 3.63) is 70.6 Å². The smallest absolute Gasteiger partial charge is 0.294 e. The van der Waals surface area contributed by atoms with E-state index in [2.05, 4.69) is 51.2 Å². The van der Waals surface area contributed by atoms with Crippen molar-refractivity contribution in [1.29, 1.82) is 0 Å². The Balaban J connectivity index is 2.00. The molecule has 1 aliphatic heterocycles. The molecule has 1 fully saturated rings. The number of thiocarbonyl (C=S) groups is 1. The third-order valence-corrected chi connectivity index (χ3v) is 5.10. The Bertz CT molecular complexity index is 804. The van der Waals surface area contributed by atoms with Crippen LogP contribution in [0.2, 0.25) is 0 Å². The van der Waals surface area contributed by atoms with Crippen molar-refractivity contribution in [2.45, 2.75) is 53.9 Å². The average molecular weight is 384 g/mol. The number of carbonyl (C=O) groups is 1. The number of carbonyl (C=O) groups excluding carboxylic acids is 1. The fraction of sp³-hybridized carbons (Fsp3) is 0.391. The molecule has 2 rings (SSSR count). The molecule has 0 aromatic rings. The van der Waals surface area contributed by atoms with E-state index >= 15 is 0 Å². The van der Waals surface area contributed by atoms with E-state index in [9.17, 15) is 4.79 Å². The van der Waals surface area contributed by atoms with Gasteiger partial charge in [-0.2, -0.15) is 0 Å². The zero-order valence-electron chi connectivity index (χ0n) is 16.9. The van der Waals surface area contributed by atoms with Crippen molar-refractivity contribution in [1.82, 2.24) is 5.32 Å². The van der Waals surface area contributed by atoms with Gasteiger partial charge in [-0.3, -0.25) is 10.1 Å². The molecule has 0 atom stereocenters. The summed E-state index contributed by atoms with van der Waals surface area (Å²) in [5.41, 5.74) is 5.45. The summed E-state index contributed by atoms with van der Waals surface area (Å²) in [4.78, 5) is 11.5. The number of ether oxygens (including phenoxy) is 1. The Labute approximate surface area is 168 Å². The van der Waals surface area contributed by atoms with Crippen LogP contribution >= 0.6 is 12.2 Å². The Morgan fingerprint density at radius 1 is 1.19 bits per heavy atom. The van der Waals surface area contributed by atoms with E-state index in [1.165, 1.54) is 36.0 Å². The highest BCUT2D eigenvalue weighted by molar-refractivity contribution is 7.80. The second kappa shape index (κ2) is 9.14. The van der Waals surface area contributed by atoms with Crippen molar-refractivity contribution >= 4 is 23.3 Å². The quantitative estimate of drug-likeness (QED) is 0.368. The SMILES string of the molecule is CC(C=CC1=C(C)CCCC1(C)C)=CC=CC(C)=CC=C1OC(=S)NC1=O. The molecule has 0 spiro atoms. The second-order valence-electron chi connectivity index (χ2n) is 7.82. The summed E-state index contributed by atoms with van der Waals surface area (Å²) in [5.74, 6) is -0.0784. The number of rotatable bonds is 5. The lowest BCUT2D eigenvalue weighted by Gasteiger charge is -2.32. The third kappa shape index (κ3) is 6.17. The zero-order valence-corrected chi connectivity index (χ0v) is 17.7. The summed E-state index contributed by atoms with van der Waals surface area (Å²) in [6, 6.07) is 0. The van der Waals surface area contributed by atoms with Gasteiger partial charge in [-0.05, 0) is 69.3 Å². The molecule has 27 heavy (non-hydrogen) atoms. The monoisotopic (exact) mass is 383 g/mol. The van der Waals surface area contributed by atoms with E-state index in [0.717, 1.165) is 5.57 Å². The molecule has 3 nitrogen and oxygen atoms in total. The van der Waals surface area contributed by atoms with Crippen LogP contribution < -0.4 is 5.32 Å². The Kier molecular flexibility index (Phi) is 7.14. The van der Waals surface area contributed by atoms with Gasteiger partial charge in [-0.25, -0.2) is 0 Å². The van der Waals surface area contributed by atoms with Crippen LogP contribution in [0, 0.1) is 5.41 Å². The van der Waals surface area contributed by atoms with Gasteiger partial charge in [-0.15, -0.1) is 0 Å². The maximum atomic E-state index is 11.5. The fourth-order valence-corrected chi connectivity index (χ4v) is 3.51. The number of hydrogen-bond acceptors (Lipinski definition) is 3. The van der Waals surface area contributed by atoms with Gasteiger partial charge in [-0.1, -0.05) is 67.0 Å². The zero-order chi connectivity index (χ0) is 20.0. The summed E-state index contributed by atoms with van der Waals surface area (Å²) in [6.07, 6.45) is 17.8. The molecule has 1 N–H and O–H groups in total. The van der Waals surface area contributed by atoms with E-state index in [0.29, 0.717) is 0 Å². The number of allylic oxidation sites excluding steroid dienone is 11. The molecule has 0 radical (unpaired) electrons. The summed E-state index contributed by atoms with van der Waals surface area (Å²) in [6.45, 7) is 11.0. The largest absolute Gasteiger partial charge is 0.426 e. The van der Waals surface area contributed by atoms with Gasteiger partial charge < -0.3 is 4.74 Å². The van der Waals surface area contributed by atoms with Crippen LogP contribution in [0.3, 0.4) is 0 Å². The first kappa shape index (κ1) is 21.1. The molecule has 0 bridgehead atoms. The van der Waals surface area contributed by atoms with Crippen molar-refractivity contribution in [3.63, 3.8) is 0 Å². The summed E-state index contributed by atoms with van der Waals surface area (Å²) in [7, 11) is 0. The van der Waals surface area contributed by atoms with Crippen LogP contribution in [-0.2, 0) is 9.53 Å². The summed E-state index contributed by atoms with van der Waals surface area (Å²) >= 11 is 4.80. The van der Waals surface area contributed by atoms with Crippen molar-refractivity contribution in [2.24, 2.45) is 5.41 Å². The van der Waals surface area contributed by atoms with Gasteiger partial charge in [0, 0.05) is 0 Å². The Morgan fingerprint density at radius 3 is 2.52 bits per heavy atom. The molecule has 1 saturated heterocycles. The lowest BCUT2D eigenvalue weighted by molar-refractivity contribution is -0.116. The molecule has 0 unspecified atom stereocenters. The Morgan fingerprint density at radius 2 is 1.89 bits per heavy atom. The van der Waals surface area contributed by atoms with E-state index < -0.39 is 0 Å². The molecule has 0 aromatic carbocycles. The minimum absolute atomic E-state index is 0.102. The minimum atomic E-state index is -0.302. The maximum absolute atomic E-state index is 11.5.